The minimum Gasteiger partial charge on any atom is -0.508 e. The third-order valence-corrected chi connectivity index (χ3v) is 2.67. The van der Waals surface area contributed by atoms with E-state index >= 15 is 0 Å². The third-order valence-electron chi connectivity index (χ3n) is 2.67. The summed E-state index contributed by atoms with van der Waals surface area (Å²) in [7, 11) is 0. The summed E-state index contributed by atoms with van der Waals surface area (Å²) in [5, 5.41) is 29.2. The van der Waals surface area contributed by atoms with Gasteiger partial charge in [0.15, 0.2) is 5.82 Å². The number of phenols is 1. The molecule has 19 heavy (non-hydrogen) atoms. The summed E-state index contributed by atoms with van der Waals surface area (Å²) in [4.78, 5) is 10.4. The number of aryl methyl sites for hydroxylation is 1. The molecule has 2 N–H and O–H groups in total. The van der Waals surface area contributed by atoms with Gasteiger partial charge in [0, 0.05) is 18.5 Å². The average Bonchev–Trinajstić information content (AvgIpc) is 2.84. The summed E-state index contributed by atoms with van der Waals surface area (Å²) in [5.74, 6) is -0.00460. The molecule has 0 aliphatic heterocycles. The standard InChI is InChI=1S/C12H14N4O3/c17-10-6-4-9(5-7-10)12-13-14-15-16(12)8-2-1-3-11(18)19/h4-7,17H,1-3,8H2,(H,18,19). The summed E-state index contributed by atoms with van der Waals surface area (Å²) >= 11 is 0. The molecule has 0 unspecified atom stereocenters. The van der Waals surface area contributed by atoms with Crippen molar-refractivity contribution in [3.05, 3.63) is 24.3 Å². The molecule has 1 aromatic heterocycles. The number of phenolic OH excluding ortho intramolecular Hbond substituents is 1. The van der Waals surface area contributed by atoms with Gasteiger partial charge in [0.2, 0.25) is 0 Å². The number of benzene rings is 1. The van der Waals surface area contributed by atoms with Crippen LogP contribution in [0.1, 0.15) is 19.3 Å². The fourth-order valence-electron chi connectivity index (χ4n) is 1.71. The second kappa shape index (κ2) is 5.94. The molecule has 7 heteroatoms. The predicted octanol–water partition coefficient (Wildman–Crippen LogP) is 1.30. The summed E-state index contributed by atoms with van der Waals surface area (Å²) < 4.78 is 1.63. The Hall–Kier alpha value is -2.44. The molecule has 0 fully saturated rings. The number of hydrogen-bond donors (Lipinski definition) is 2. The fraction of sp³-hybridized carbons (Fsp3) is 0.333. The van der Waals surface area contributed by atoms with Gasteiger partial charge in [-0.15, -0.1) is 5.10 Å². The van der Waals surface area contributed by atoms with Gasteiger partial charge in [-0.05, 0) is 47.5 Å². The van der Waals surface area contributed by atoms with E-state index in [1.54, 1.807) is 28.9 Å². The molecule has 2 rings (SSSR count). The third kappa shape index (κ3) is 3.51. The van der Waals surface area contributed by atoms with Crippen LogP contribution in [0.2, 0.25) is 0 Å². The first-order valence-corrected chi connectivity index (χ1v) is 5.94. The molecule has 0 amide bonds. The molecule has 100 valence electrons. The molecule has 0 spiro atoms. The van der Waals surface area contributed by atoms with Crippen LogP contribution in [0.15, 0.2) is 24.3 Å². The number of aliphatic carboxylic acids is 1. The molecule has 0 saturated carbocycles. The van der Waals surface area contributed by atoms with Gasteiger partial charge >= 0.3 is 5.97 Å². The average molecular weight is 262 g/mol. The van der Waals surface area contributed by atoms with Crippen molar-refractivity contribution in [2.24, 2.45) is 0 Å². The highest BCUT2D eigenvalue weighted by Gasteiger charge is 2.08. The molecular weight excluding hydrogens is 248 g/mol. The lowest BCUT2D eigenvalue weighted by Gasteiger charge is -2.04. The topological polar surface area (TPSA) is 101 Å². The van der Waals surface area contributed by atoms with Gasteiger partial charge in [-0.1, -0.05) is 0 Å². The molecule has 0 aliphatic rings. The molecule has 0 atom stereocenters. The number of carboxylic acid groups (broad SMARTS) is 1. The predicted molar refractivity (Wildman–Crippen MR) is 66.4 cm³/mol. The number of hydrogen-bond acceptors (Lipinski definition) is 5. The van der Waals surface area contributed by atoms with Crippen molar-refractivity contribution in [1.29, 1.82) is 0 Å². The zero-order chi connectivity index (χ0) is 13.7. The molecule has 7 nitrogen and oxygen atoms in total. The first kappa shape index (κ1) is 13.0. The second-order valence-electron chi connectivity index (χ2n) is 4.12. The van der Waals surface area contributed by atoms with E-state index in [0.29, 0.717) is 25.2 Å². The maximum Gasteiger partial charge on any atom is 0.303 e. The monoisotopic (exact) mass is 262 g/mol. The normalized spacial score (nSPS) is 10.5. The van der Waals surface area contributed by atoms with E-state index in [1.807, 2.05) is 0 Å². The number of carboxylic acids is 1. The van der Waals surface area contributed by atoms with Crippen LogP contribution in [0.5, 0.6) is 5.75 Å². The first-order valence-electron chi connectivity index (χ1n) is 5.94. The number of nitrogens with zero attached hydrogens (tertiary/aromatic N) is 4. The van der Waals surface area contributed by atoms with E-state index < -0.39 is 5.97 Å². The molecule has 0 aliphatic carbocycles. The van der Waals surface area contributed by atoms with Crippen LogP contribution in [0.3, 0.4) is 0 Å². The van der Waals surface area contributed by atoms with Crippen molar-refractivity contribution in [3.8, 4) is 17.1 Å². The number of aromatic nitrogens is 4. The maximum absolute atomic E-state index is 10.4. The Balaban J connectivity index is 2.01. The van der Waals surface area contributed by atoms with Crippen LogP contribution in [0.25, 0.3) is 11.4 Å². The number of carbonyl (C=O) groups is 1. The van der Waals surface area contributed by atoms with Gasteiger partial charge in [0.05, 0.1) is 0 Å². The van der Waals surface area contributed by atoms with Crippen molar-refractivity contribution in [1.82, 2.24) is 20.2 Å². The highest BCUT2D eigenvalue weighted by atomic mass is 16.4. The van der Waals surface area contributed by atoms with Crippen LogP contribution in [0, 0.1) is 0 Å². The SMILES string of the molecule is O=C(O)CCCCn1nnnc1-c1ccc(O)cc1. The summed E-state index contributed by atoms with van der Waals surface area (Å²) in [6.07, 6.45) is 1.43. The molecule has 0 radical (unpaired) electrons. The molecule has 0 saturated heterocycles. The Morgan fingerprint density at radius 3 is 2.63 bits per heavy atom. The number of tetrazole rings is 1. The van der Waals surface area contributed by atoms with Crippen LogP contribution < -0.4 is 0 Å². The van der Waals surface area contributed by atoms with E-state index in [0.717, 1.165) is 5.56 Å². The van der Waals surface area contributed by atoms with Crippen LogP contribution in [-0.2, 0) is 11.3 Å². The van der Waals surface area contributed by atoms with E-state index in [1.165, 1.54) is 0 Å². The Labute approximate surface area is 109 Å². The summed E-state index contributed by atoms with van der Waals surface area (Å²) in [6.45, 7) is 0.566. The summed E-state index contributed by atoms with van der Waals surface area (Å²) in [5.41, 5.74) is 0.807. The second-order valence-corrected chi connectivity index (χ2v) is 4.12. The van der Waals surface area contributed by atoms with Gasteiger partial charge in [0.1, 0.15) is 5.75 Å². The van der Waals surface area contributed by atoms with E-state index in [4.69, 9.17) is 5.11 Å². The first-order chi connectivity index (χ1) is 9.16. The molecule has 1 heterocycles. The molecular formula is C12H14N4O3. The van der Waals surface area contributed by atoms with Crippen molar-refractivity contribution < 1.29 is 15.0 Å². The van der Waals surface area contributed by atoms with Gasteiger partial charge in [-0.3, -0.25) is 4.79 Å². The van der Waals surface area contributed by atoms with Crippen molar-refractivity contribution >= 4 is 5.97 Å². The molecule has 1 aromatic carbocycles. The lowest BCUT2D eigenvalue weighted by molar-refractivity contribution is -0.137. The zero-order valence-corrected chi connectivity index (χ0v) is 10.2. The maximum atomic E-state index is 10.4. The minimum atomic E-state index is -0.796. The Bertz CT molecular complexity index is 550. The number of aromatic hydroxyl groups is 1. The van der Waals surface area contributed by atoms with Crippen molar-refractivity contribution in [3.63, 3.8) is 0 Å². The van der Waals surface area contributed by atoms with E-state index in [2.05, 4.69) is 15.5 Å². The smallest absolute Gasteiger partial charge is 0.303 e. The highest BCUT2D eigenvalue weighted by molar-refractivity contribution is 5.66. The van der Waals surface area contributed by atoms with Gasteiger partial charge < -0.3 is 10.2 Å². The van der Waals surface area contributed by atoms with Gasteiger partial charge in [0.25, 0.3) is 0 Å². The van der Waals surface area contributed by atoms with Crippen LogP contribution in [0.4, 0.5) is 0 Å². The summed E-state index contributed by atoms with van der Waals surface area (Å²) in [6, 6.07) is 6.60. The fourth-order valence-corrected chi connectivity index (χ4v) is 1.71. The molecule has 0 bridgehead atoms. The minimum absolute atomic E-state index is 0.149. The quantitative estimate of drug-likeness (QED) is 0.761. The van der Waals surface area contributed by atoms with Gasteiger partial charge in [-0.2, -0.15) is 0 Å². The van der Waals surface area contributed by atoms with Crippen LogP contribution >= 0.6 is 0 Å². The lowest BCUT2D eigenvalue weighted by atomic mass is 10.2. The largest absolute Gasteiger partial charge is 0.508 e. The lowest BCUT2D eigenvalue weighted by Crippen LogP contribution is -2.04. The zero-order valence-electron chi connectivity index (χ0n) is 10.2. The van der Waals surface area contributed by atoms with E-state index in [9.17, 15) is 9.90 Å². The highest BCUT2D eigenvalue weighted by Crippen LogP contribution is 2.19. The Morgan fingerprint density at radius 2 is 1.95 bits per heavy atom. The number of rotatable bonds is 6. The van der Waals surface area contributed by atoms with Crippen LogP contribution in [-0.4, -0.2) is 36.4 Å². The Morgan fingerprint density at radius 1 is 1.21 bits per heavy atom. The van der Waals surface area contributed by atoms with Gasteiger partial charge in [-0.25, -0.2) is 4.68 Å². The Kier molecular flexibility index (Phi) is 4.07. The van der Waals surface area contributed by atoms with Crippen molar-refractivity contribution in [2.45, 2.75) is 25.8 Å². The number of unbranched alkanes of at least 4 members (excludes halogenated alkanes) is 1. The van der Waals surface area contributed by atoms with Crippen molar-refractivity contribution in [2.75, 3.05) is 0 Å². The molecule has 2 aromatic rings. The van der Waals surface area contributed by atoms with E-state index in [-0.39, 0.29) is 12.2 Å².